The van der Waals surface area contributed by atoms with E-state index in [2.05, 4.69) is 4.72 Å². The fourth-order valence-corrected chi connectivity index (χ4v) is 3.91. The van der Waals surface area contributed by atoms with Gasteiger partial charge in [0.2, 0.25) is 0 Å². The van der Waals surface area contributed by atoms with Gasteiger partial charge in [-0.05, 0) is 32.9 Å². The lowest BCUT2D eigenvalue weighted by Crippen LogP contribution is -2.41. The van der Waals surface area contributed by atoms with Crippen LogP contribution in [0.3, 0.4) is 0 Å². The highest BCUT2D eigenvalue weighted by Gasteiger charge is 2.28. The average molecular weight is 464 g/mol. The van der Waals surface area contributed by atoms with Crippen molar-refractivity contribution in [1.29, 1.82) is 0 Å². The molecule has 1 amide bonds. The molecule has 0 bridgehead atoms. The zero-order valence-corrected chi connectivity index (χ0v) is 19.8. The highest BCUT2D eigenvalue weighted by Crippen LogP contribution is 2.26. The van der Waals surface area contributed by atoms with Gasteiger partial charge in [0.1, 0.15) is 11.3 Å². The maximum absolute atomic E-state index is 13.1. The Kier molecular flexibility index (Phi) is 7.29. The number of carbonyl (C=O) groups excluding carboxylic acids is 2. The number of ketones is 1. The summed E-state index contributed by atoms with van der Waals surface area (Å²) in [4.78, 5) is 41.9. The first-order valence-electron chi connectivity index (χ1n) is 10.3. The number of amides is 1. The van der Waals surface area contributed by atoms with E-state index in [4.69, 9.17) is 9.15 Å². The fourth-order valence-electron chi connectivity index (χ4n) is 3.22. The van der Waals surface area contributed by atoms with Crippen molar-refractivity contribution in [3.05, 3.63) is 39.5 Å². The summed E-state index contributed by atoms with van der Waals surface area (Å²) in [5, 5.41) is 0.148. The van der Waals surface area contributed by atoms with Crippen molar-refractivity contribution < 1.29 is 23.3 Å². The zero-order chi connectivity index (χ0) is 23.6. The van der Waals surface area contributed by atoms with Gasteiger partial charge >= 0.3 is 0 Å². The molecule has 32 heavy (non-hydrogen) atoms. The Morgan fingerprint density at radius 2 is 1.84 bits per heavy atom. The normalized spacial score (nSPS) is 15.6. The first-order chi connectivity index (χ1) is 15.0. The van der Waals surface area contributed by atoms with Gasteiger partial charge in [0.05, 0.1) is 24.2 Å². The van der Waals surface area contributed by atoms with Crippen molar-refractivity contribution in [2.45, 2.75) is 25.5 Å². The van der Waals surface area contributed by atoms with Gasteiger partial charge < -0.3 is 23.5 Å². The Balaban J connectivity index is 2.09. The second-order valence-electron chi connectivity index (χ2n) is 8.77. The summed E-state index contributed by atoms with van der Waals surface area (Å²) >= 11 is -1.46. The Bertz CT molecular complexity index is 1070. The number of nitrogens with one attached hydrogen (secondary N) is 1. The number of benzene rings is 1. The number of morpholine rings is 1. The van der Waals surface area contributed by atoms with Crippen molar-refractivity contribution in [2.24, 2.45) is 0 Å². The van der Waals surface area contributed by atoms with Crippen molar-refractivity contribution in [2.75, 3.05) is 51.8 Å². The predicted octanol–water partition coefficient (Wildman–Crippen LogP) is 1.57. The second-order valence-corrected chi connectivity index (χ2v) is 10.8. The molecule has 174 valence electrons. The first-order valence-corrected chi connectivity index (χ1v) is 11.5. The Morgan fingerprint density at radius 1 is 1.19 bits per heavy atom. The lowest BCUT2D eigenvalue weighted by Gasteiger charge is -2.27. The smallest absolute Gasteiger partial charge is 0.253 e. The maximum Gasteiger partial charge on any atom is 0.253 e. The number of anilines is 1. The molecular formula is C22H29N3O6S. The topological polar surface area (TPSA) is 115 Å². The summed E-state index contributed by atoms with van der Waals surface area (Å²) < 4.78 is 25.9. The van der Waals surface area contributed by atoms with E-state index >= 15 is 0 Å². The van der Waals surface area contributed by atoms with Crippen LogP contribution in [0.2, 0.25) is 0 Å². The summed E-state index contributed by atoms with van der Waals surface area (Å²) in [7, 11) is 3.18. The molecule has 9 nitrogen and oxygen atoms in total. The summed E-state index contributed by atoms with van der Waals surface area (Å²) in [6.07, 6.45) is 0. The predicted molar refractivity (Wildman–Crippen MR) is 124 cm³/mol. The van der Waals surface area contributed by atoms with Gasteiger partial charge in [0.25, 0.3) is 5.91 Å². The van der Waals surface area contributed by atoms with Gasteiger partial charge in [-0.15, -0.1) is 4.72 Å². The van der Waals surface area contributed by atoms with Gasteiger partial charge in [0, 0.05) is 50.2 Å². The molecule has 1 saturated heterocycles. The third kappa shape index (κ3) is 5.32. The Morgan fingerprint density at radius 3 is 2.44 bits per heavy atom. The number of ether oxygens (including phenoxy) is 1. The fraction of sp³-hybridized carbons (Fsp3) is 0.500. The summed E-state index contributed by atoms with van der Waals surface area (Å²) in [5.74, 6) is -0.426. The van der Waals surface area contributed by atoms with Gasteiger partial charge in [-0.3, -0.25) is 14.4 Å². The maximum atomic E-state index is 13.1. The van der Waals surface area contributed by atoms with E-state index in [1.807, 2.05) is 4.90 Å². The highest BCUT2D eigenvalue weighted by molar-refractivity contribution is 7.90. The van der Waals surface area contributed by atoms with Crippen LogP contribution < -0.4 is 15.1 Å². The summed E-state index contributed by atoms with van der Waals surface area (Å²) in [5.41, 5.74) is 0.0663. The van der Waals surface area contributed by atoms with E-state index in [0.29, 0.717) is 32.2 Å². The molecule has 1 aliphatic heterocycles. The van der Waals surface area contributed by atoms with Crippen molar-refractivity contribution in [3.8, 4) is 0 Å². The van der Waals surface area contributed by atoms with Gasteiger partial charge in [0.15, 0.2) is 22.7 Å². The summed E-state index contributed by atoms with van der Waals surface area (Å²) in [6, 6.07) is 4.25. The molecule has 0 aliphatic carbocycles. The lowest BCUT2D eigenvalue weighted by atomic mass is 10.0. The number of nitrogens with zero attached hydrogens (tertiary/aromatic N) is 2. The molecule has 2 aromatic rings. The van der Waals surface area contributed by atoms with E-state index in [9.17, 15) is 18.9 Å². The van der Waals surface area contributed by atoms with E-state index in [1.165, 1.54) is 23.1 Å². The molecule has 1 aromatic heterocycles. The van der Waals surface area contributed by atoms with Crippen LogP contribution in [0.15, 0.2) is 27.4 Å². The molecule has 1 aromatic carbocycles. The third-order valence-corrected chi connectivity index (χ3v) is 6.53. The second kappa shape index (κ2) is 9.62. The molecule has 2 heterocycles. The Labute approximate surface area is 190 Å². The van der Waals surface area contributed by atoms with Gasteiger partial charge in [-0.25, -0.2) is 0 Å². The molecule has 0 radical (unpaired) electrons. The molecule has 0 spiro atoms. The highest BCUT2D eigenvalue weighted by atomic mass is 32.2. The van der Waals surface area contributed by atoms with E-state index < -0.39 is 21.9 Å². The number of hydrogen-bond acceptors (Lipinski definition) is 8. The first kappa shape index (κ1) is 24.2. The Hall–Kier alpha value is -2.40. The van der Waals surface area contributed by atoms with Gasteiger partial charge in [-0.2, -0.15) is 0 Å². The SMILES string of the molecule is CN(C)C(=O)c1cc(C(=O)CN[S@+]([O-])C(C)(C)C)c2oc(N3CCOCC3)cc(=O)c2c1. The monoisotopic (exact) mass is 463 g/mol. The minimum atomic E-state index is -1.46. The average Bonchev–Trinajstić information content (AvgIpc) is 2.75. The number of hydrogen-bond donors (Lipinski definition) is 1. The van der Waals surface area contributed by atoms with Gasteiger partial charge in [-0.1, -0.05) is 0 Å². The largest absolute Gasteiger partial charge is 0.598 e. The van der Waals surface area contributed by atoms with Crippen LogP contribution in [0.5, 0.6) is 0 Å². The molecular weight excluding hydrogens is 434 g/mol. The number of rotatable bonds is 6. The van der Waals surface area contributed by atoms with E-state index in [-0.39, 0.29) is 40.0 Å². The number of carbonyl (C=O) groups is 2. The minimum Gasteiger partial charge on any atom is -0.598 e. The molecule has 1 N–H and O–H groups in total. The summed E-state index contributed by atoms with van der Waals surface area (Å²) in [6.45, 7) is 7.27. The molecule has 3 rings (SSSR count). The molecule has 1 aliphatic rings. The molecule has 10 heteroatoms. The van der Waals surface area contributed by atoms with Crippen LogP contribution in [-0.2, 0) is 16.1 Å². The van der Waals surface area contributed by atoms with Crippen LogP contribution in [0.4, 0.5) is 5.88 Å². The van der Waals surface area contributed by atoms with Crippen molar-refractivity contribution >= 4 is 39.9 Å². The zero-order valence-electron chi connectivity index (χ0n) is 19.0. The lowest BCUT2D eigenvalue weighted by molar-refractivity contribution is 0.0827. The molecule has 0 unspecified atom stereocenters. The number of Topliss-reactive ketones (excluding diaryl/α,β-unsaturated/α-hetero) is 1. The minimum absolute atomic E-state index is 0.0957. The van der Waals surface area contributed by atoms with Crippen LogP contribution in [0.25, 0.3) is 11.0 Å². The van der Waals surface area contributed by atoms with Crippen LogP contribution in [0.1, 0.15) is 41.5 Å². The molecule has 1 atom stereocenters. The van der Waals surface area contributed by atoms with E-state index in [1.54, 1.807) is 34.9 Å². The molecule has 0 saturated carbocycles. The third-order valence-electron chi connectivity index (χ3n) is 5.01. The quantitative estimate of drug-likeness (QED) is 0.507. The van der Waals surface area contributed by atoms with Crippen LogP contribution in [0, 0.1) is 0 Å². The number of fused-ring (bicyclic) bond motifs is 1. The standard InChI is InChI=1S/C22H29N3O6S/c1-22(2,3)32(29)23-13-18(27)16-11-14(21(28)24(4)5)10-15-17(26)12-19(31-20(15)16)25-6-8-30-9-7-25/h10-12,23H,6-9,13H2,1-5H3/t32-/m1/s1. The van der Waals surface area contributed by atoms with Crippen molar-refractivity contribution in [3.63, 3.8) is 0 Å². The van der Waals surface area contributed by atoms with Crippen LogP contribution in [-0.4, -0.2) is 72.8 Å². The molecule has 1 fully saturated rings. The van der Waals surface area contributed by atoms with E-state index in [0.717, 1.165) is 0 Å². The van der Waals surface area contributed by atoms with Crippen molar-refractivity contribution in [1.82, 2.24) is 9.62 Å². The van der Waals surface area contributed by atoms with Crippen LogP contribution >= 0.6 is 0 Å².